The van der Waals surface area contributed by atoms with Crippen LogP contribution >= 0.6 is 0 Å². The Balaban J connectivity index is 2.10. The fourth-order valence-corrected chi connectivity index (χ4v) is 2.85. The Morgan fingerprint density at radius 1 is 0.778 bits per heavy atom. The third kappa shape index (κ3) is 0.720. The van der Waals surface area contributed by atoms with Gasteiger partial charge >= 0.3 is 0 Å². The molecule has 0 aromatic carbocycles. The predicted molar refractivity (Wildman–Crippen MR) is 39.2 cm³/mol. The SMILES string of the molecule is C[C@H]1CC2CC1C[C@@H]2C. The molecule has 4 atom stereocenters. The molecular weight excluding hydrogens is 108 g/mol. The van der Waals surface area contributed by atoms with E-state index in [2.05, 4.69) is 13.8 Å². The van der Waals surface area contributed by atoms with Crippen LogP contribution in [0, 0.1) is 23.7 Å². The molecular formula is C9H16. The van der Waals surface area contributed by atoms with E-state index in [4.69, 9.17) is 0 Å². The van der Waals surface area contributed by atoms with E-state index in [1.54, 1.807) is 6.42 Å². The zero-order valence-corrected chi connectivity index (χ0v) is 6.43. The summed E-state index contributed by atoms with van der Waals surface area (Å²) < 4.78 is 0. The second-order valence-corrected chi connectivity index (χ2v) is 4.18. The van der Waals surface area contributed by atoms with Gasteiger partial charge in [0, 0.05) is 0 Å². The Morgan fingerprint density at radius 2 is 1.22 bits per heavy atom. The minimum Gasteiger partial charge on any atom is -0.0622 e. The van der Waals surface area contributed by atoms with E-state index in [0.29, 0.717) is 0 Å². The minimum absolute atomic E-state index is 1.06. The minimum atomic E-state index is 1.06. The summed E-state index contributed by atoms with van der Waals surface area (Å²) >= 11 is 0. The Morgan fingerprint density at radius 3 is 1.44 bits per heavy atom. The highest BCUT2D eigenvalue weighted by Gasteiger charge is 2.41. The monoisotopic (exact) mass is 124 g/mol. The van der Waals surface area contributed by atoms with Crippen molar-refractivity contribution in [2.24, 2.45) is 23.7 Å². The second-order valence-electron chi connectivity index (χ2n) is 4.18. The van der Waals surface area contributed by atoms with Crippen LogP contribution < -0.4 is 0 Å². The Bertz CT molecular complexity index is 99.2. The maximum atomic E-state index is 2.43. The van der Waals surface area contributed by atoms with Crippen molar-refractivity contribution in [3.05, 3.63) is 0 Å². The van der Waals surface area contributed by atoms with Gasteiger partial charge in [0.1, 0.15) is 0 Å². The van der Waals surface area contributed by atoms with Crippen molar-refractivity contribution < 1.29 is 0 Å². The molecule has 52 valence electrons. The van der Waals surface area contributed by atoms with Crippen molar-refractivity contribution >= 4 is 0 Å². The first-order valence-electron chi connectivity index (χ1n) is 4.27. The van der Waals surface area contributed by atoms with Gasteiger partial charge in [0.2, 0.25) is 0 Å². The third-order valence-corrected chi connectivity index (χ3v) is 3.56. The summed E-state index contributed by atoms with van der Waals surface area (Å²) in [5, 5.41) is 0. The number of rotatable bonds is 0. The van der Waals surface area contributed by atoms with Crippen LogP contribution in [0.4, 0.5) is 0 Å². The third-order valence-electron chi connectivity index (χ3n) is 3.56. The Labute approximate surface area is 57.6 Å². The van der Waals surface area contributed by atoms with Crippen molar-refractivity contribution in [3.63, 3.8) is 0 Å². The maximum Gasteiger partial charge on any atom is -0.0383 e. The van der Waals surface area contributed by atoms with Gasteiger partial charge in [-0.25, -0.2) is 0 Å². The van der Waals surface area contributed by atoms with Crippen molar-refractivity contribution in [1.82, 2.24) is 0 Å². The zero-order chi connectivity index (χ0) is 6.43. The standard InChI is InChI=1S/C9H16/c1-6-3-9-5-8(6)4-7(9)2/h6-9H,3-5H2,1-2H3/t6-,7-,8?,9?/m0/s1. The molecule has 0 aromatic heterocycles. The summed E-state index contributed by atoms with van der Waals surface area (Å²) in [5.41, 5.74) is 0. The van der Waals surface area contributed by atoms with Crippen molar-refractivity contribution in [3.8, 4) is 0 Å². The Kier molecular flexibility index (Phi) is 1.12. The molecule has 0 spiro atoms. The number of hydrogen-bond donors (Lipinski definition) is 0. The predicted octanol–water partition coefficient (Wildman–Crippen LogP) is 2.69. The highest BCUT2D eigenvalue weighted by Crippen LogP contribution is 2.51. The van der Waals surface area contributed by atoms with E-state index >= 15 is 0 Å². The van der Waals surface area contributed by atoms with Gasteiger partial charge < -0.3 is 0 Å². The van der Waals surface area contributed by atoms with Crippen molar-refractivity contribution in [2.75, 3.05) is 0 Å². The van der Waals surface area contributed by atoms with Gasteiger partial charge in [-0.3, -0.25) is 0 Å². The zero-order valence-electron chi connectivity index (χ0n) is 6.43. The van der Waals surface area contributed by atoms with Crippen LogP contribution in [0.1, 0.15) is 33.1 Å². The second kappa shape index (κ2) is 1.74. The van der Waals surface area contributed by atoms with Gasteiger partial charge in [0.05, 0.1) is 0 Å². The molecule has 0 nitrogen and oxygen atoms in total. The van der Waals surface area contributed by atoms with Crippen LogP contribution in [-0.4, -0.2) is 0 Å². The lowest BCUT2D eigenvalue weighted by Gasteiger charge is -2.21. The summed E-state index contributed by atoms with van der Waals surface area (Å²) in [4.78, 5) is 0. The fourth-order valence-electron chi connectivity index (χ4n) is 2.85. The molecule has 0 aromatic rings. The smallest absolute Gasteiger partial charge is 0.0383 e. The van der Waals surface area contributed by atoms with Crippen LogP contribution in [0.5, 0.6) is 0 Å². The largest absolute Gasteiger partial charge is 0.0622 e. The van der Waals surface area contributed by atoms with Gasteiger partial charge in [-0.1, -0.05) is 13.8 Å². The van der Waals surface area contributed by atoms with E-state index < -0.39 is 0 Å². The Hall–Kier alpha value is 0. The van der Waals surface area contributed by atoms with E-state index in [1.807, 2.05) is 0 Å². The van der Waals surface area contributed by atoms with Gasteiger partial charge in [-0.2, -0.15) is 0 Å². The maximum absolute atomic E-state index is 2.43. The molecule has 0 heteroatoms. The topological polar surface area (TPSA) is 0 Å². The van der Waals surface area contributed by atoms with Crippen LogP contribution in [0.25, 0.3) is 0 Å². The summed E-state index contributed by atoms with van der Waals surface area (Å²) in [5.74, 6) is 4.35. The number of fused-ring (bicyclic) bond motifs is 2. The van der Waals surface area contributed by atoms with Crippen LogP contribution in [-0.2, 0) is 0 Å². The molecule has 2 unspecified atom stereocenters. The summed E-state index contributed by atoms with van der Waals surface area (Å²) in [6.45, 7) is 4.85. The first-order valence-corrected chi connectivity index (χ1v) is 4.27. The van der Waals surface area contributed by atoms with Crippen LogP contribution in [0.2, 0.25) is 0 Å². The molecule has 0 saturated heterocycles. The molecule has 2 fully saturated rings. The lowest BCUT2D eigenvalue weighted by molar-refractivity contribution is 0.288. The van der Waals surface area contributed by atoms with Crippen LogP contribution in [0.15, 0.2) is 0 Å². The summed E-state index contributed by atoms with van der Waals surface area (Å²) in [7, 11) is 0. The van der Waals surface area contributed by atoms with E-state index in [0.717, 1.165) is 23.7 Å². The van der Waals surface area contributed by atoms with E-state index in [-0.39, 0.29) is 0 Å². The normalized spacial score (nSPS) is 56.7. The summed E-state index contributed by atoms with van der Waals surface area (Å²) in [6.07, 6.45) is 4.62. The van der Waals surface area contributed by atoms with Gasteiger partial charge in [0.25, 0.3) is 0 Å². The first-order chi connectivity index (χ1) is 4.27. The average molecular weight is 124 g/mol. The lowest BCUT2D eigenvalue weighted by atomic mass is 9.84. The molecule has 0 aliphatic heterocycles. The lowest BCUT2D eigenvalue weighted by Crippen LogP contribution is -2.12. The molecule has 2 rings (SSSR count). The molecule has 2 saturated carbocycles. The molecule has 2 aliphatic rings. The van der Waals surface area contributed by atoms with Gasteiger partial charge in [-0.05, 0) is 42.9 Å². The number of hydrogen-bond acceptors (Lipinski definition) is 0. The average Bonchev–Trinajstić information content (AvgIpc) is 2.24. The highest BCUT2D eigenvalue weighted by molar-refractivity contribution is 4.91. The van der Waals surface area contributed by atoms with Crippen molar-refractivity contribution in [2.45, 2.75) is 33.1 Å². The quantitative estimate of drug-likeness (QED) is 0.465. The molecule has 2 aliphatic carbocycles. The highest BCUT2D eigenvalue weighted by atomic mass is 14.5. The van der Waals surface area contributed by atoms with E-state index in [9.17, 15) is 0 Å². The van der Waals surface area contributed by atoms with E-state index in [1.165, 1.54) is 12.8 Å². The molecule has 0 radical (unpaired) electrons. The molecule has 2 bridgehead atoms. The molecule has 9 heavy (non-hydrogen) atoms. The van der Waals surface area contributed by atoms with Crippen LogP contribution in [0.3, 0.4) is 0 Å². The molecule has 0 N–H and O–H groups in total. The van der Waals surface area contributed by atoms with Gasteiger partial charge in [0.15, 0.2) is 0 Å². The fraction of sp³-hybridized carbons (Fsp3) is 1.00. The van der Waals surface area contributed by atoms with Crippen molar-refractivity contribution in [1.29, 1.82) is 0 Å². The molecule has 0 heterocycles. The van der Waals surface area contributed by atoms with Gasteiger partial charge in [-0.15, -0.1) is 0 Å². The first kappa shape index (κ1) is 5.76. The summed E-state index contributed by atoms with van der Waals surface area (Å²) in [6, 6.07) is 0. The molecule has 0 amide bonds.